The van der Waals surface area contributed by atoms with Crippen molar-refractivity contribution in [3.05, 3.63) is 34.3 Å². The van der Waals surface area contributed by atoms with Gasteiger partial charge in [0.1, 0.15) is 0 Å². The maximum atomic E-state index is 11.9. The Kier molecular flexibility index (Phi) is 7.09. The predicted molar refractivity (Wildman–Crippen MR) is 84.9 cm³/mol. The lowest BCUT2D eigenvalue weighted by Crippen LogP contribution is -2.31. The fraction of sp³-hybridized carbons (Fsp3) is 0.429. The second-order valence-corrected chi connectivity index (χ2v) is 6.72. The molecule has 6 heteroatoms. The molecule has 0 aliphatic rings. The Morgan fingerprint density at radius 3 is 2.65 bits per heavy atom. The van der Waals surface area contributed by atoms with Gasteiger partial charge in [0, 0.05) is 16.1 Å². The highest BCUT2D eigenvalue weighted by Crippen LogP contribution is 2.21. The maximum absolute atomic E-state index is 11.9. The number of amides is 1. The summed E-state index contributed by atoms with van der Waals surface area (Å²) < 4.78 is 0.858. The third-order valence-electron chi connectivity index (χ3n) is 2.84. The molecule has 1 aromatic carbocycles. The second-order valence-electron chi connectivity index (χ2n) is 4.52. The zero-order valence-electron chi connectivity index (χ0n) is 11.4. The van der Waals surface area contributed by atoms with E-state index in [2.05, 4.69) is 21.2 Å². The summed E-state index contributed by atoms with van der Waals surface area (Å²) >= 11 is 4.96. The van der Waals surface area contributed by atoms with Gasteiger partial charge in [0.25, 0.3) is 0 Å². The van der Waals surface area contributed by atoms with Crippen molar-refractivity contribution >= 4 is 39.6 Å². The number of carboxylic acids is 1. The first kappa shape index (κ1) is 17.0. The molecule has 2 atom stereocenters. The Morgan fingerprint density at radius 1 is 1.40 bits per heavy atom. The molecule has 0 heterocycles. The average Bonchev–Trinajstić information content (AvgIpc) is 2.37. The summed E-state index contributed by atoms with van der Waals surface area (Å²) in [5.41, 5.74) is 0.784. The SMILES string of the molecule is CSC(C)CC(=O)NC(CC(=O)O)c1cccc(Br)c1. The van der Waals surface area contributed by atoms with E-state index in [0.717, 1.165) is 10.0 Å². The lowest BCUT2D eigenvalue weighted by atomic mass is 10.0. The van der Waals surface area contributed by atoms with Crippen molar-refractivity contribution in [1.82, 2.24) is 5.32 Å². The van der Waals surface area contributed by atoms with E-state index >= 15 is 0 Å². The van der Waals surface area contributed by atoms with Crippen LogP contribution in [-0.2, 0) is 9.59 Å². The van der Waals surface area contributed by atoms with Gasteiger partial charge in [-0.05, 0) is 24.0 Å². The molecule has 1 rings (SSSR count). The molecule has 4 nitrogen and oxygen atoms in total. The van der Waals surface area contributed by atoms with Gasteiger partial charge >= 0.3 is 5.97 Å². The zero-order valence-corrected chi connectivity index (χ0v) is 13.8. The number of carbonyl (C=O) groups is 2. The van der Waals surface area contributed by atoms with Crippen LogP contribution in [0.25, 0.3) is 0 Å². The van der Waals surface area contributed by atoms with E-state index in [1.165, 1.54) is 0 Å². The molecule has 0 fully saturated rings. The normalized spacial score (nSPS) is 13.6. The van der Waals surface area contributed by atoms with Crippen molar-refractivity contribution < 1.29 is 14.7 Å². The van der Waals surface area contributed by atoms with Crippen LogP contribution in [-0.4, -0.2) is 28.5 Å². The molecule has 0 bridgehead atoms. The van der Waals surface area contributed by atoms with Crippen molar-refractivity contribution in [2.45, 2.75) is 31.1 Å². The Balaban J connectivity index is 2.79. The fourth-order valence-corrected chi connectivity index (χ4v) is 2.48. The third kappa shape index (κ3) is 5.96. The summed E-state index contributed by atoms with van der Waals surface area (Å²) in [7, 11) is 0. The number of hydrogen-bond acceptors (Lipinski definition) is 3. The monoisotopic (exact) mass is 359 g/mol. The number of rotatable bonds is 7. The van der Waals surface area contributed by atoms with Crippen LogP contribution in [0.3, 0.4) is 0 Å². The van der Waals surface area contributed by atoms with Gasteiger partial charge in [-0.3, -0.25) is 9.59 Å². The molecule has 2 N–H and O–H groups in total. The van der Waals surface area contributed by atoms with E-state index in [1.54, 1.807) is 11.8 Å². The van der Waals surface area contributed by atoms with Crippen LogP contribution < -0.4 is 5.32 Å². The number of halogens is 1. The topological polar surface area (TPSA) is 66.4 Å². The molecule has 0 radical (unpaired) electrons. The molecule has 1 amide bonds. The summed E-state index contributed by atoms with van der Waals surface area (Å²) in [6, 6.07) is 6.82. The van der Waals surface area contributed by atoms with Gasteiger partial charge in [-0.15, -0.1) is 0 Å². The molecule has 1 aromatic rings. The van der Waals surface area contributed by atoms with Crippen molar-refractivity contribution in [3.8, 4) is 0 Å². The van der Waals surface area contributed by atoms with Gasteiger partial charge < -0.3 is 10.4 Å². The van der Waals surface area contributed by atoms with E-state index in [0.29, 0.717) is 6.42 Å². The van der Waals surface area contributed by atoms with Gasteiger partial charge in [0.05, 0.1) is 12.5 Å². The molecular formula is C14H18BrNO3S. The van der Waals surface area contributed by atoms with Crippen LogP contribution in [0, 0.1) is 0 Å². The smallest absolute Gasteiger partial charge is 0.305 e. The number of thioether (sulfide) groups is 1. The molecule has 0 aliphatic carbocycles. The van der Waals surface area contributed by atoms with E-state index in [1.807, 2.05) is 37.4 Å². The maximum Gasteiger partial charge on any atom is 0.305 e. The predicted octanol–water partition coefficient (Wildman–Crippen LogP) is 3.22. The van der Waals surface area contributed by atoms with Gasteiger partial charge in [-0.2, -0.15) is 11.8 Å². The van der Waals surface area contributed by atoms with Crippen LogP contribution in [0.15, 0.2) is 28.7 Å². The molecule has 0 spiro atoms. The van der Waals surface area contributed by atoms with Crippen molar-refractivity contribution in [2.75, 3.05) is 6.26 Å². The number of hydrogen-bond donors (Lipinski definition) is 2. The van der Waals surface area contributed by atoms with Crippen LogP contribution in [0.4, 0.5) is 0 Å². The third-order valence-corrected chi connectivity index (χ3v) is 4.30. The first-order chi connectivity index (χ1) is 9.42. The minimum Gasteiger partial charge on any atom is -0.481 e. The first-order valence-corrected chi connectivity index (χ1v) is 8.30. The molecular weight excluding hydrogens is 342 g/mol. The van der Waals surface area contributed by atoms with Crippen molar-refractivity contribution in [1.29, 1.82) is 0 Å². The molecule has 0 saturated carbocycles. The van der Waals surface area contributed by atoms with Crippen LogP contribution in [0.5, 0.6) is 0 Å². The lowest BCUT2D eigenvalue weighted by Gasteiger charge is -2.19. The van der Waals surface area contributed by atoms with Crippen molar-refractivity contribution in [2.24, 2.45) is 0 Å². The van der Waals surface area contributed by atoms with E-state index in [4.69, 9.17) is 5.11 Å². The van der Waals surface area contributed by atoms with Gasteiger partial charge in [0.15, 0.2) is 0 Å². The Hall–Kier alpha value is -1.01. The summed E-state index contributed by atoms with van der Waals surface area (Å²) in [5.74, 6) is -1.06. The molecule has 0 saturated heterocycles. The Bertz CT molecular complexity index is 481. The van der Waals surface area contributed by atoms with E-state index < -0.39 is 12.0 Å². The van der Waals surface area contributed by atoms with Gasteiger partial charge in [0.2, 0.25) is 5.91 Å². The molecule has 0 aromatic heterocycles. The Labute approximate surface area is 131 Å². The molecule has 2 unspecified atom stereocenters. The van der Waals surface area contributed by atoms with Crippen molar-refractivity contribution in [3.63, 3.8) is 0 Å². The number of carbonyl (C=O) groups excluding carboxylic acids is 1. The lowest BCUT2D eigenvalue weighted by molar-refractivity contribution is -0.137. The average molecular weight is 360 g/mol. The highest BCUT2D eigenvalue weighted by Gasteiger charge is 2.19. The quantitative estimate of drug-likeness (QED) is 0.784. The van der Waals surface area contributed by atoms with Gasteiger partial charge in [-0.1, -0.05) is 35.0 Å². The van der Waals surface area contributed by atoms with E-state index in [-0.39, 0.29) is 17.6 Å². The standard InChI is InChI=1S/C14H18BrNO3S/c1-9(20-2)6-13(17)16-12(8-14(18)19)10-4-3-5-11(15)7-10/h3-5,7,9,12H,6,8H2,1-2H3,(H,16,17)(H,18,19). The van der Waals surface area contributed by atoms with Crippen LogP contribution in [0.1, 0.15) is 31.4 Å². The summed E-state index contributed by atoms with van der Waals surface area (Å²) in [6.45, 7) is 1.97. The number of aliphatic carboxylic acids is 1. The molecule has 20 heavy (non-hydrogen) atoms. The van der Waals surface area contributed by atoms with Crippen LogP contribution >= 0.6 is 27.7 Å². The minimum absolute atomic E-state index is 0.127. The first-order valence-electron chi connectivity index (χ1n) is 6.21. The molecule has 0 aliphatic heterocycles. The summed E-state index contributed by atoms with van der Waals surface area (Å²) in [4.78, 5) is 22.9. The summed E-state index contributed by atoms with van der Waals surface area (Å²) in [6.07, 6.45) is 2.20. The number of nitrogens with one attached hydrogen (secondary N) is 1. The Morgan fingerprint density at radius 2 is 2.10 bits per heavy atom. The number of benzene rings is 1. The van der Waals surface area contributed by atoms with Crippen LogP contribution in [0.2, 0.25) is 0 Å². The fourth-order valence-electron chi connectivity index (χ4n) is 1.75. The largest absolute Gasteiger partial charge is 0.481 e. The molecule has 110 valence electrons. The highest BCUT2D eigenvalue weighted by atomic mass is 79.9. The highest BCUT2D eigenvalue weighted by molar-refractivity contribution is 9.10. The number of carboxylic acid groups (broad SMARTS) is 1. The van der Waals surface area contributed by atoms with E-state index in [9.17, 15) is 9.59 Å². The van der Waals surface area contributed by atoms with Gasteiger partial charge in [-0.25, -0.2) is 0 Å². The zero-order chi connectivity index (χ0) is 15.1. The summed E-state index contributed by atoms with van der Waals surface area (Å²) in [5, 5.41) is 12.0. The minimum atomic E-state index is -0.937. The second kappa shape index (κ2) is 8.32.